The van der Waals surface area contributed by atoms with E-state index in [1.165, 1.54) is 0 Å². The third-order valence-corrected chi connectivity index (χ3v) is 2.49. The van der Waals surface area contributed by atoms with Crippen molar-refractivity contribution in [2.45, 2.75) is 18.8 Å². The molecule has 0 aromatic heterocycles. The Balaban J connectivity index is 0.00000112. The summed E-state index contributed by atoms with van der Waals surface area (Å²) in [5.74, 6) is 0.886. The second kappa shape index (κ2) is 4.84. The standard InChI is InChI=1S/C11H15NO2.ClH/c1-12(2)11-9(13)7-8-5-3-4-6-10(8)14-11;/h3-6,9,11,13H,7H2,1-2H3;1H. The molecule has 0 saturated heterocycles. The Bertz CT molecular complexity index is 330. The van der Waals surface area contributed by atoms with E-state index in [0.717, 1.165) is 11.3 Å². The second-order valence-electron chi connectivity index (χ2n) is 3.85. The van der Waals surface area contributed by atoms with E-state index in [9.17, 15) is 5.11 Å². The number of hydrogen-bond acceptors (Lipinski definition) is 3. The zero-order valence-corrected chi connectivity index (χ0v) is 9.70. The fourth-order valence-electron chi connectivity index (χ4n) is 1.77. The average molecular weight is 230 g/mol. The highest BCUT2D eigenvalue weighted by atomic mass is 35.5. The quantitative estimate of drug-likeness (QED) is 0.788. The lowest BCUT2D eigenvalue weighted by atomic mass is 10.0. The van der Waals surface area contributed by atoms with Gasteiger partial charge in [0.15, 0.2) is 6.23 Å². The van der Waals surface area contributed by atoms with Crippen molar-refractivity contribution in [1.29, 1.82) is 0 Å². The molecule has 4 heteroatoms. The molecule has 2 atom stereocenters. The van der Waals surface area contributed by atoms with Gasteiger partial charge in [0, 0.05) is 6.42 Å². The maximum Gasteiger partial charge on any atom is 0.178 e. The summed E-state index contributed by atoms with van der Waals surface area (Å²) in [5.41, 5.74) is 1.08. The molecule has 3 nitrogen and oxygen atoms in total. The van der Waals surface area contributed by atoms with Crippen molar-refractivity contribution in [1.82, 2.24) is 4.90 Å². The van der Waals surface area contributed by atoms with Gasteiger partial charge < -0.3 is 9.84 Å². The highest BCUT2D eigenvalue weighted by molar-refractivity contribution is 5.85. The van der Waals surface area contributed by atoms with Crippen LogP contribution in [0.3, 0.4) is 0 Å². The number of likely N-dealkylation sites (N-methyl/N-ethyl adjacent to an activating group) is 1. The first-order valence-corrected chi connectivity index (χ1v) is 4.77. The zero-order chi connectivity index (χ0) is 10.1. The van der Waals surface area contributed by atoms with Crippen LogP contribution in [-0.2, 0) is 6.42 Å². The van der Waals surface area contributed by atoms with Crippen molar-refractivity contribution < 1.29 is 9.84 Å². The van der Waals surface area contributed by atoms with E-state index >= 15 is 0 Å². The Hall–Kier alpha value is -0.770. The van der Waals surface area contributed by atoms with Crippen molar-refractivity contribution in [3.8, 4) is 5.75 Å². The molecule has 0 saturated carbocycles. The predicted octanol–water partition coefficient (Wildman–Crippen LogP) is 1.29. The van der Waals surface area contributed by atoms with Crippen LogP contribution in [0.4, 0.5) is 0 Å². The SMILES string of the molecule is CN(C)C1Oc2ccccc2CC1O.Cl. The van der Waals surface area contributed by atoms with Crippen molar-refractivity contribution in [2.24, 2.45) is 0 Å². The fourth-order valence-corrected chi connectivity index (χ4v) is 1.77. The van der Waals surface area contributed by atoms with Crippen LogP contribution < -0.4 is 4.74 Å². The number of aliphatic hydroxyl groups excluding tert-OH is 1. The van der Waals surface area contributed by atoms with Crippen molar-refractivity contribution in [2.75, 3.05) is 14.1 Å². The van der Waals surface area contributed by atoms with E-state index in [4.69, 9.17) is 4.74 Å². The predicted molar refractivity (Wildman–Crippen MR) is 61.5 cm³/mol. The molecule has 1 aromatic rings. The van der Waals surface area contributed by atoms with Crippen molar-refractivity contribution in [3.63, 3.8) is 0 Å². The van der Waals surface area contributed by atoms with Gasteiger partial charge in [-0.15, -0.1) is 12.4 Å². The van der Waals surface area contributed by atoms with Crippen molar-refractivity contribution in [3.05, 3.63) is 29.8 Å². The van der Waals surface area contributed by atoms with Gasteiger partial charge in [0.1, 0.15) is 11.9 Å². The van der Waals surface area contributed by atoms with Gasteiger partial charge in [0.2, 0.25) is 0 Å². The smallest absolute Gasteiger partial charge is 0.178 e. The number of ether oxygens (including phenoxy) is 1. The lowest BCUT2D eigenvalue weighted by Crippen LogP contribution is -2.47. The summed E-state index contributed by atoms with van der Waals surface area (Å²) in [6.45, 7) is 0. The second-order valence-corrected chi connectivity index (χ2v) is 3.85. The van der Waals surface area contributed by atoms with Crippen LogP contribution >= 0.6 is 12.4 Å². The van der Waals surface area contributed by atoms with Crippen molar-refractivity contribution >= 4 is 12.4 Å². The number of fused-ring (bicyclic) bond motifs is 1. The number of halogens is 1. The molecule has 1 N–H and O–H groups in total. The molecule has 2 rings (SSSR count). The highest BCUT2D eigenvalue weighted by Gasteiger charge is 2.29. The molecule has 1 aliphatic heterocycles. The van der Waals surface area contributed by atoms with Crippen LogP contribution in [0.5, 0.6) is 5.75 Å². The minimum absolute atomic E-state index is 0. The van der Waals surface area contributed by atoms with Crippen LogP contribution in [0.15, 0.2) is 24.3 Å². The molecule has 0 bridgehead atoms. The first-order chi connectivity index (χ1) is 6.68. The molecular weight excluding hydrogens is 214 g/mol. The molecule has 84 valence electrons. The molecule has 0 aliphatic carbocycles. The Morgan fingerprint density at radius 3 is 2.67 bits per heavy atom. The lowest BCUT2D eigenvalue weighted by Gasteiger charge is -2.34. The van der Waals surface area contributed by atoms with Gasteiger partial charge in [0.05, 0.1) is 0 Å². The van der Waals surface area contributed by atoms with Crippen LogP contribution in [0.1, 0.15) is 5.56 Å². The number of rotatable bonds is 1. The van der Waals surface area contributed by atoms with Gasteiger partial charge in [-0.25, -0.2) is 0 Å². The third-order valence-electron chi connectivity index (χ3n) is 2.49. The number of aliphatic hydroxyl groups is 1. The average Bonchev–Trinajstić information content (AvgIpc) is 2.16. The van der Waals surface area contributed by atoms with E-state index in [0.29, 0.717) is 6.42 Å². The van der Waals surface area contributed by atoms with Crippen LogP contribution in [0.2, 0.25) is 0 Å². The topological polar surface area (TPSA) is 32.7 Å². The molecule has 15 heavy (non-hydrogen) atoms. The van der Waals surface area contributed by atoms with E-state index < -0.39 is 6.10 Å². The number of nitrogens with zero attached hydrogens (tertiary/aromatic N) is 1. The molecular formula is C11H16ClNO2. The monoisotopic (exact) mass is 229 g/mol. The number of benzene rings is 1. The molecule has 1 aromatic carbocycles. The summed E-state index contributed by atoms with van der Waals surface area (Å²) < 4.78 is 5.68. The van der Waals surface area contributed by atoms with Gasteiger partial charge in [-0.2, -0.15) is 0 Å². The molecule has 0 spiro atoms. The first-order valence-electron chi connectivity index (χ1n) is 4.77. The Labute approximate surface area is 96.1 Å². The summed E-state index contributed by atoms with van der Waals surface area (Å²) in [5, 5.41) is 9.82. The number of para-hydroxylation sites is 1. The van der Waals surface area contributed by atoms with E-state index in [2.05, 4.69) is 0 Å². The van der Waals surface area contributed by atoms with Gasteiger partial charge >= 0.3 is 0 Å². The van der Waals surface area contributed by atoms with Crippen LogP contribution in [0.25, 0.3) is 0 Å². The molecule has 0 radical (unpaired) electrons. The summed E-state index contributed by atoms with van der Waals surface area (Å²) in [7, 11) is 3.81. The van der Waals surface area contributed by atoms with Crippen LogP contribution in [-0.4, -0.2) is 36.4 Å². The minimum atomic E-state index is -0.445. The Kier molecular flexibility index (Phi) is 3.97. The molecule has 2 unspecified atom stereocenters. The minimum Gasteiger partial charge on any atom is -0.472 e. The Morgan fingerprint density at radius 2 is 2.00 bits per heavy atom. The third kappa shape index (κ3) is 2.43. The summed E-state index contributed by atoms with van der Waals surface area (Å²) in [6.07, 6.45) is -0.0104. The lowest BCUT2D eigenvalue weighted by molar-refractivity contribution is -0.0549. The van der Waals surface area contributed by atoms with Crippen LogP contribution in [0, 0.1) is 0 Å². The Morgan fingerprint density at radius 1 is 1.33 bits per heavy atom. The van der Waals surface area contributed by atoms with Gasteiger partial charge in [-0.3, -0.25) is 4.90 Å². The largest absolute Gasteiger partial charge is 0.472 e. The summed E-state index contributed by atoms with van der Waals surface area (Å²) in [4.78, 5) is 1.89. The van der Waals surface area contributed by atoms with Gasteiger partial charge in [0.25, 0.3) is 0 Å². The van der Waals surface area contributed by atoms with Gasteiger partial charge in [-0.05, 0) is 25.7 Å². The van der Waals surface area contributed by atoms with E-state index in [1.54, 1.807) is 0 Å². The molecule has 0 fully saturated rings. The molecule has 1 heterocycles. The zero-order valence-electron chi connectivity index (χ0n) is 8.88. The van der Waals surface area contributed by atoms with Gasteiger partial charge in [-0.1, -0.05) is 18.2 Å². The normalized spacial score (nSPS) is 24.0. The van der Waals surface area contributed by atoms with E-state index in [-0.39, 0.29) is 18.6 Å². The number of hydrogen-bond donors (Lipinski definition) is 1. The molecule has 0 amide bonds. The fraction of sp³-hybridized carbons (Fsp3) is 0.455. The summed E-state index contributed by atoms with van der Waals surface area (Å²) in [6, 6.07) is 7.84. The maximum atomic E-state index is 9.82. The molecule has 1 aliphatic rings. The van der Waals surface area contributed by atoms with E-state index in [1.807, 2.05) is 43.3 Å². The maximum absolute atomic E-state index is 9.82. The highest BCUT2D eigenvalue weighted by Crippen LogP contribution is 2.27. The first kappa shape index (κ1) is 12.3. The summed E-state index contributed by atoms with van der Waals surface area (Å²) >= 11 is 0.